The van der Waals surface area contributed by atoms with Gasteiger partial charge in [-0.1, -0.05) is 46.9 Å². The van der Waals surface area contributed by atoms with Crippen LogP contribution in [0.4, 0.5) is 0 Å². The average Bonchev–Trinajstić information content (AvgIpc) is 2.17. The van der Waals surface area contributed by atoms with Gasteiger partial charge < -0.3 is 0 Å². The highest BCUT2D eigenvalue weighted by atomic mass is 79.9. The van der Waals surface area contributed by atoms with Crippen molar-refractivity contribution in [2.75, 3.05) is 0 Å². The van der Waals surface area contributed by atoms with Crippen LogP contribution in [0.15, 0.2) is 22.7 Å². The van der Waals surface area contributed by atoms with Crippen LogP contribution in [0.2, 0.25) is 15.2 Å². The third-order valence-electron chi connectivity index (χ3n) is 1.81. The Morgan fingerprint density at radius 2 is 1.86 bits per heavy atom. The number of rotatable bonds is 0. The van der Waals surface area contributed by atoms with Crippen molar-refractivity contribution < 1.29 is 0 Å². The highest BCUT2D eigenvalue weighted by Crippen LogP contribution is 2.36. The standard InChI is InChI=1S/C9H3BrCl3N/c10-6-7(12)4-2-1-3-5(11)8(4)14-9(6)13/h1-3H. The average molecular weight is 311 g/mol. The zero-order valence-corrected chi connectivity index (χ0v) is 10.5. The lowest BCUT2D eigenvalue weighted by molar-refractivity contribution is 1.39. The highest BCUT2D eigenvalue weighted by Gasteiger charge is 2.11. The van der Waals surface area contributed by atoms with Gasteiger partial charge in [0.15, 0.2) is 0 Å². The van der Waals surface area contributed by atoms with Gasteiger partial charge >= 0.3 is 0 Å². The third kappa shape index (κ3) is 1.61. The first-order valence-corrected chi connectivity index (χ1v) is 5.62. The fraction of sp³-hybridized carbons (Fsp3) is 0. The van der Waals surface area contributed by atoms with Gasteiger partial charge in [-0.05, 0) is 22.0 Å². The predicted octanol–water partition coefficient (Wildman–Crippen LogP) is 4.96. The van der Waals surface area contributed by atoms with Gasteiger partial charge in [0.25, 0.3) is 0 Å². The molecule has 1 aromatic carbocycles. The lowest BCUT2D eigenvalue weighted by Crippen LogP contribution is -1.84. The Morgan fingerprint density at radius 3 is 2.57 bits per heavy atom. The molecular formula is C9H3BrCl3N. The SMILES string of the molecule is Clc1nc2c(Cl)cccc2c(Cl)c1Br. The summed E-state index contributed by atoms with van der Waals surface area (Å²) >= 11 is 21.2. The molecule has 0 unspecified atom stereocenters. The molecule has 0 radical (unpaired) electrons. The van der Waals surface area contributed by atoms with E-state index >= 15 is 0 Å². The summed E-state index contributed by atoms with van der Waals surface area (Å²) in [6, 6.07) is 5.41. The fourth-order valence-corrected chi connectivity index (χ4v) is 2.15. The number of para-hydroxylation sites is 1. The van der Waals surface area contributed by atoms with Crippen LogP contribution in [0.1, 0.15) is 0 Å². The second kappa shape index (κ2) is 3.86. The molecule has 14 heavy (non-hydrogen) atoms. The molecule has 0 spiro atoms. The van der Waals surface area contributed by atoms with E-state index in [9.17, 15) is 0 Å². The summed E-state index contributed by atoms with van der Waals surface area (Å²) in [5, 5.41) is 2.17. The van der Waals surface area contributed by atoms with Crippen LogP contribution in [-0.4, -0.2) is 4.98 Å². The summed E-state index contributed by atoms with van der Waals surface area (Å²) in [6.45, 7) is 0. The Bertz CT molecular complexity index is 513. The van der Waals surface area contributed by atoms with Crippen LogP contribution < -0.4 is 0 Å². The second-order valence-electron chi connectivity index (χ2n) is 2.67. The molecule has 0 aliphatic rings. The van der Waals surface area contributed by atoms with Crippen LogP contribution in [0.25, 0.3) is 10.9 Å². The molecular weight excluding hydrogens is 308 g/mol. The second-order valence-corrected chi connectivity index (χ2v) is 4.60. The summed E-state index contributed by atoms with van der Waals surface area (Å²) in [5.41, 5.74) is 0.618. The molecule has 1 nitrogen and oxygen atoms in total. The smallest absolute Gasteiger partial charge is 0.145 e. The van der Waals surface area contributed by atoms with E-state index in [0.29, 0.717) is 25.2 Å². The monoisotopic (exact) mass is 309 g/mol. The number of nitrogens with zero attached hydrogens (tertiary/aromatic N) is 1. The molecule has 0 N–H and O–H groups in total. The summed E-state index contributed by atoms with van der Waals surface area (Å²) < 4.78 is 0.593. The number of halogens is 4. The molecule has 0 saturated heterocycles. The van der Waals surface area contributed by atoms with Crippen molar-refractivity contribution in [3.05, 3.63) is 37.9 Å². The van der Waals surface area contributed by atoms with Crippen molar-refractivity contribution in [3.63, 3.8) is 0 Å². The van der Waals surface area contributed by atoms with Crippen molar-refractivity contribution >= 4 is 61.6 Å². The Labute approximate surface area is 104 Å². The van der Waals surface area contributed by atoms with Crippen LogP contribution in [0.3, 0.4) is 0 Å². The van der Waals surface area contributed by atoms with Gasteiger partial charge in [0, 0.05) is 5.39 Å². The van der Waals surface area contributed by atoms with Crippen molar-refractivity contribution in [2.24, 2.45) is 0 Å². The number of fused-ring (bicyclic) bond motifs is 1. The zero-order chi connectivity index (χ0) is 10.3. The third-order valence-corrected chi connectivity index (χ3v) is 4.01. The molecule has 0 bridgehead atoms. The molecule has 1 aromatic heterocycles. The van der Waals surface area contributed by atoms with Crippen molar-refractivity contribution in [1.82, 2.24) is 4.98 Å². The first-order chi connectivity index (χ1) is 6.61. The summed E-state index contributed by atoms with van der Waals surface area (Å²) in [5.74, 6) is 0. The van der Waals surface area contributed by atoms with Crippen LogP contribution in [0.5, 0.6) is 0 Å². The van der Waals surface area contributed by atoms with E-state index in [0.717, 1.165) is 5.39 Å². The van der Waals surface area contributed by atoms with Gasteiger partial charge in [-0.2, -0.15) is 0 Å². The van der Waals surface area contributed by atoms with E-state index in [1.165, 1.54) is 0 Å². The van der Waals surface area contributed by atoms with E-state index in [2.05, 4.69) is 20.9 Å². The molecule has 0 atom stereocenters. The maximum Gasteiger partial charge on any atom is 0.145 e. The molecule has 2 aromatic rings. The van der Waals surface area contributed by atoms with E-state index in [1.807, 2.05) is 12.1 Å². The zero-order valence-electron chi connectivity index (χ0n) is 6.69. The van der Waals surface area contributed by atoms with Crippen LogP contribution in [-0.2, 0) is 0 Å². The fourth-order valence-electron chi connectivity index (χ4n) is 1.16. The molecule has 0 fully saturated rings. The molecule has 0 saturated carbocycles. The maximum absolute atomic E-state index is 6.07. The lowest BCUT2D eigenvalue weighted by Gasteiger charge is -2.05. The van der Waals surface area contributed by atoms with Crippen molar-refractivity contribution in [2.45, 2.75) is 0 Å². The lowest BCUT2D eigenvalue weighted by atomic mass is 10.2. The number of aromatic nitrogens is 1. The van der Waals surface area contributed by atoms with E-state index < -0.39 is 0 Å². The van der Waals surface area contributed by atoms with Gasteiger partial charge in [-0.3, -0.25) is 0 Å². The van der Waals surface area contributed by atoms with Gasteiger partial charge in [0.2, 0.25) is 0 Å². The van der Waals surface area contributed by atoms with Gasteiger partial charge in [0.05, 0.1) is 20.0 Å². The first-order valence-electron chi connectivity index (χ1n) is 3.70. The Balaban J connectivity index is 2.98. The Hall–Kier alpha value is -0.0200. The number of hydrogen-bond acceptors (Lipinski definition) is 1. The van der Waals surface area contributed by atoms with Crippen molar-refractivity contribution in [1.29, 1.82) is 0 Å². The van der Waals surface area contributed by atoms with E-state index in [1.54, 1.807) is 6.07 Å². The largest absolute Gasteiger partial charge is 0.233 e. The van der Waals surface area contributed by atoms with Gasteiger partial charge in [-0.25, -0.2) is 4.98 Å². The molecule has 0 aliphatic heterocycles. The van der Waals surface area contributed by atoms with E-state index in [4.69, 9.17) is 34.8 Å². The molecule has 0 aliphatic carbocycles. The quantitative estimate of drug-likeness (QED) is 0.627. The van der Waals surface area contributed by atoms with E-state index in [-0.39, 0.29) is 0 Å². The van der Waals surface area contributed by atoms with Crippen LogP contribution in [0, 0.1) is 0 Å². The van der Waals surface area contributed by atoms with Crippen LogP contribution >= 0.6 is 50.7 Å². The molecule has 1 heterocycles. The highest BCUT2D eigenvalue weighted by molar-refractivity contribution is 9.10. The summed E-state index contributed by atoms with van der Waals surface area (Å²) in [7, 11) is 0. The Morgan fingerprint density at radius 1 is 1.14 bits per heavy atom. The summed E-state index contributed by atoms with van der Waals surface area (Å²) in [6.07, 6.45) is 0. The summed E-state index contributed by atoms with van der Waals surface area (Å²) in [4.78, 5) is 4.14. The Kier molecular flexibility index (Phi) is 2.89. The molecule has 0 amide bonds. The predicted molar refractivity (Wildman–Crippen MR) is 64.5 cm³/mol. The van der Waals surface area contributed by atoms with Crippen molar-refractivity contribution in [3.8, 4) is 0 Å². The number of hydrogen-bond donors (Lipinski definition) is 0. The minimum Gasteiger partial charge on any atom is -0.233 e. The maximum atomic E-state index is 6.07. The normalized spacial score (nSPS) is 10.9. The molecule has 2 rings (SSSR count). The minimum absolute atomic E-state index is 0.315. The molecule has 72 valence electrons. The topological polar surface area (TPSA) is 12.9 Å². The van der Waals surface area contributed by atoms with Gasteiger partial charge in [0.1, 0.15) is 5.15 Å². The minimum atomic E-state index is 0.315. The number of pyridine rings is 1. The van der Waals surface area contributed by atoms with Gasteiger partial charge in [-0.15, -0.1) is 0 Å². The molecule has 5 heteroatoms. The first kappa shape index (κ1) is 10.5. The number of benzene rings is 1.